The van der Waals surface area contributed by atoms with Gasteiger partial charge >= 0.3 is 6.09 Å². The Morgan fingerprint density at radius 3 is 2.24 bits per heavy atom. The molecule has 0 spiro atoms. The first-order valence-electron chi connectivity index (χ1n) is 13.7. The summed E-state index contributed by atoms with van der Waals surface area (Å²) in [5.41, 5.74) is 18.1. The van der Waals surface area contributed by atoms with Crippen LogP contribution in [-0.2, 0) is 25.7 Å². The van der Waals surface area contributed by atoms with E-state index in [1.807, 2.05) is 50.2 Å². The molecule has 0 saturated heterocycles. The van der Waals surface area contributed by atoms with Gasteiger partial charge in [0.2, 0.25) is 11.8 Å². The lowest BCUT2D eigenvalue weighted by molar-refractivity contribution is -0.134. The van der Waals surface area contributed by atoms with Crippen molar-refractivity contribution >= 4 is 35.9 Å². The van der Waals surface area contributed by atoms with Crippen molar-refractivity contribution in [1.82, 2.24) is 15.5 Å². The number of nitrogens with two attached hydrogens (primary N) is 3. The molecule has 42 heavy (non-hydrogen) atoms. The minimum Gasteiger partial charge on any atom is -0.444 e. The van der Waals surface area contributed by atoms with Crippen LogP contribution >= 0.6 is 0 Å². The molecule has 8 N–H and O–H groups in total. The predicted molar refractivity (Wildman–Crippen MR) is 161 cm³/mol. The Labute approximate surface area is 246 Å². The molecular formula is C30H41N7O5. The molecule has 2 rings (SSSR count). The molecule has 0 fully saturated rings. The van der Waals surface area contributed by atoms with Gasteiger partial charge in [-0.3, -0.25) is 19.4 Å². The summed E-state index contributed by atoms with van der Waals surface area (Å²) in [6, 6.07) is 16.6. The summed E-state index contributed by atoms with van der Waals surface area (Å²) in [5, 5.41) is 5.25. The zero-order chi connectivity index (χ0) is 30.9. The third-order valence-electron chi connectivity index (χ3n) is 6.20. The number of amides is 4. The van der Waals surface area contributed by atoms with Crippen molar-refractivity contribution in [1.29, 1.82) is 0 Å². The van der Waals surface area contributed by atoms with Crippen LogP contribution in [-0.4, -0.2) is 66.4 Å². The van der Waals surface area contributed by atoms with Crippen LogP contribution in [0.5, 0.6) is 0 Å². The van der Waals surface area contributed by atoms with E-state index in [1.54, 1.807) is 30.3 Å². The number of carbonyl (C=O) groups is 4. The maximum absolute atomic E-state index is 13.4. The Kier molecular flexibility index (Phi) is 14.3. The molecule has 12 nitrogen and oxygen atoms in total. The van der Waals surface area contributed by atoms with Crippen LogP contribution in [0.1, 0.15) is 37.8 Å². The van der Waals surface area contributed by atoms with E-state index in [0.29, 0.717) is 13.0 Å². The average Bonchev–Trinajstić information content (AvgIpc) is 2.98. The lowest BCUT2D eigenvalue weighted by Gasteiger charge is -2.32. The second kappa shape index (κ2) is 17.9. The third-order valence-corrected chi connectivity index (χ3v) is 6.20. The maximum Gasteiger partial charge on any atom is 0.417 e. The molecular weight excluding hydrogens is 538 g/mol. The van der Waals surface area contributed by atoms with E-state index >= 15 is 0 Å². The van der Waals surface area contributed by atoms with E-state index in [1.165, 1.54) is 6.08 Å². The van der Waals surface area contributed by atoms with Gasteiger partial charge < -0.3 is 32.6 Å². The lowest BCUT2D eigenvalue weighted by Crippen LogP contribution is -2.55. The first kappa shape index (κ1) is 33.5. The fourth-order valence-electron chi connectivity index (χ4n) is 3.87. The van der Waals surface area contributed by atoms with Crippen LogP contribution in [0.2, 0.25) is 0 Å². The second-order valence-electron chi connectivity index (χ2n) is 9.88. The molecule has 0 aliphatic rings. The molecule has 4 amide bonds. The van der Waals surface area contributed by atoms with Crippen molar-refractivity contribution < 1.29 is 23.9 Å². The highest BCUT2D eigenvalue weighted by Crippen LogP contribution is 2.14. The van der Waals surface area contributed by atoms with Crippen molar-refractivity contribution in [3.05, 3.63) is 77.9 Å². The van der Waals surface area contributed by atoms with E-state index in [-0.39, 0.29) is 31.4 Å². The molecule has 0 aromatic heterocycles. The molecule has 0 saturated carbocycles. The van der Waals surface area contributed by atoms with Gasteiger partial charge in [-0.25, -0.2) is 9.69 Å². The van der Waals surface area contributed by atoms with Gasteiger partial charge in [0.15, 0.2) is 5.96 Å². The molecule has 12 heteroatoms. The minimum atomic E-state index is -0.901. The Balaban J connectivity index is 2.10. The van der Waals surface area contributed by atoms with Gasteiger partial charge in [0, 0.05) is 19.2 Å². The third kappa shape index (κ3) is 12.2. The number of guanidine groups is 1. The number of benzene rings is 2. The number of hydrogen-bond acceptors (Lipinski definition) is 7. The van der Waals surface area contributed by atoms with Crippen LogP contribution in [0.3, 0.4) is 0 Å². The van der Waals surface area contributed by atoms with E-state index in [9.17, 15) is 19.2 Å². The Morgan fingerprint density at radius 1 is 0.976 bits per heavy atom. The van der Waals surface area contributed by atoms with Gasteiger partial charge in [-0.1, -0.05) is 74.5 Å². The highest BCUT2D eigenvalue weighted by atomic mass is 16.6. The molecule has 0 heterocycles. The molecule has 0 aliphatic carbocycles. The molecule has 226 valence electrons. The Bertz CT molecular complexity index is 1220. The zero-order valence-electron chi connectivity index (χ0n) is 24.1. The summed E-state index contributed by atoms with van der Waals surface area (Å²) in [5.74, 6) is -1.98. The van der Waals surface area contributed by atoms with Gasteiger partial charge in [0.05, 0.1) is 18.6 Å². The normalized spacial score (nSPS) is 12.3. The monoisotopic (exact) mass is 579 g/mol. The number of aliphatic imine (C=N–C) groups is 1. The van der Waals surface area contributed by atoms with Crippen molar-refractivity contribution in [3.63, 3.8) is 0 Å². The summed E-state index contributed by atoms with van der Waals surface area (Å²) in [6.45, 7) is 3.35. The van der Waals surface area contributed by atoms with Gasteiger partial charge in [-0.15, -0.1) is 0 Å². The smallest absolute Gasteiger partial charge is 0.417 e. The Morgan fingerprint density at radius 2 is 1.62 bits per heavy atom. The highest BCUT2D eigenvalue weighted by molar-refractivity contribution is 5.96. The zero-order valence-corrected chi connectivity index (χ0v) is 24.1. The molecule has 2 atom stereocenters. The van der Waals surface area contributed by atoms with Gasteiger partial charge in [0.1, 0.15) is 6.61 Å². The van der Waals surface area contributed by atoms with Gasteiger partial charge in [-0.2, -0.15) is 0 Å². The first-order chi connectivity index (χ1) is 20.1. The summed E-state index contributed by atoms with van der Waals surface area (Å²) >= 11 is 0. The number of nitrogens with one attached hydrogen (secondary N) is 2. The number of imide groups is 1. The number of carbonyl (C=O) groups excluding carboxylic acids is 4. The fourth-order valence-corrected chi connectivity index (χ4v) is 3.87. The predicted octanol–water partition coefficient (Wildman–Crippen LogP) is 1.50. The van der Waals surface area contributed by atoms with Crippen molar-refractivity contribution in [2.45, 2.75) is 45.4 Å². The van der Waals surface area contributed by atoms with Crippen LogP contribution < -0.4 is 27.8 Å². The summed E-state index contributed by atoms with van der Waals surface area (Å²) in [4.78, 5) is 56.5. The second-order valence-corrected chi connectivity index (χ2v) is 9.88. The SMILES string of the molecule is CC(C)[C@@H](CNC(=O)/C=C/c1ccccc1)N(C(=O)CNC(=O)[C@@H](N)CCCN=C(N)N)C(=O)OCc1ccccc1. The largest absolute Gasteiger partial charge is 0.444 e. The molecule has 2 aromatic rings. The van der Waals surface area contributed by atoms with Crippen LogP contribution in [0, 0.1) is 5.92 Å². The van der Waals surface area contributed by atoms with Gasteiger partial charge in [0.25, 0.3) is 5.91 Å². The highest BCUT2D eigenvalue weighted by Gasteiger charge is 2.33. The van der Waals surface area contributed by atoms with E-state index in [4.69, 9.17) is 21.9 Å². The first-order valence-corrected chi connectivity index (χ1v) is 13.7. The van der Waals surface area contributed by atoms with E-state index in [2.05, 4.69) is 15.6 Å². The van der Waals surface area contributed by atoms with Gasteiger partial charge in [-0.05, 0) is 36.0 Å². The van der Waals surface area contributed by atoms with Crippen molar-refractivity contribution in [2.75, 3.05) is 19.6 Å². The number of hydrogen-bond donors (Lipinski definition) is 5. The minimum absolute atomic E-state index is 0.0277. The lowest BCUT2D eigenvalue weighted by atomic mass is 10.0. The molecule has 0 aliphatic heterocycles. The van der Waals surface area contributed by atoms with E-state index in [0.717, 1.165) is 16.0 Å². The average molecular weight is 580 g/mol. The van der Waals surface area contributed by atoms with Crippen LogP contribution in [0.25, 0.3) is 6.08 Å². The fraction of sp³-hybridized carbons (Fsp3) is 0.367. The maximum atomic E-state index is 13.4. The molecule has 0 radical (unpaired) electrons. The molecule has 2 aromatic carbocycles. The number of ether oxygens (including phenoxy) is 1. The summed E-state index contributed by atoms with van der Waals surface area (Å²) in [7, 11) is 0. The Hall–Kier alpha value is -4.71. The quantitative estimate of drug-likeness (QED) is 0.0906. The summed E-state index contributed by atoms with van der Waals surface area (Å²) < 4.78 is 5.46. The molecule has 0 unspecified atom stereocenters. The van der Waals surface area contributed by atoms with Crippen LogP contribution in [0.4, 0.5) is 4.79 Å². The number of rotatable bonds is 15. The number of nitrogens with zero attached hydrogens (tertiary/aromatic N) is 2. The van der Waals surface area contributed by atoms with Crippen molar-refractivity contribution in [3.8, 4) is 0 Å². The van der Waals surface area contributed by atoms with Crippen LogP contribution in [0.15, 0.2) is 71.7 Å². The molecule has 0 bridgehead atoms. The topological polar surface area (TPSA) is 195 Å². The standard InChI is InChI=1S/C30H41N7O5/c1-21(2)25(18-35-26(38)16-15-22-10-5-3-6-11-22)37(30(41)42-20-23-12-7-4-8-13-23)27(39)19-36-28(40)24(31)14-9-17-34-29(32)33/h3-8,10-13,15-16,21,24-25H,9,14,17-20,31H2,1-2H3,(H,35,38)(H,36,40)(H4,32,33,34)/b16-15+/t24-,25+/m0/s1. The van der Waals surface area contributed by atoms with E-state index < -0.39 is 42.4 Å². The van der Waals surface area contributed by atoms with Crippen molar-refractivity contribution in [2.24, 2.45) is 28.1 Å². The summed E-state index contributed by atoms with van der Waals surface area (Å²) in [6.07, 6.45) is 2.89.